The largest absolute Gasteiger partial charge is 0.466 e. The molecule has 1 fully saturated rings. The van der Waals surface area contributed by atoms with Crippen LogP contribution >= 0.6 is 0 Å². The number of hydrogen-bond acceptors (Lipinski definition) is 5. The van der Waals surface area contributed by atoms with Crippen LogP contribution in [-0.4, -0.2) is 29.7 Å². The van der Waals surface area contributed by atoms with Crippen LogP contribution in [0.15, 0.2) is 6.20 Å². The number of aryl methyl sites for hydroxylation is 1. The fraction of sp³-hybridized carbons (Fsp3) is 0.545. The van der Waals surface area contributed by atoms with E-state index in [4.69, 9.17) is 4.74 Å². The summed E-state index contributed by atoms with van der Waals surface area (Å²) >= 11 is 0. The SMILES string of the molecule is COC(=O)COc1nc(C2CC2)ncc1C. The first-order valence-corrected chi connectivity index (χ1v) is 5.24. The van der Waals surface area contributed by atoms with Crippen molar-refractivity contribution in [3.8, 4) is 5.88 Å². The van der Waals surface area contributed by atoms with Gasteiger partial charge >= 0.3 is 5.97 Å². The van der Waals surface area contributed by atoms with Crippen LogP contribution in [0.5, 0.6) is 5.88 Å². The Labute approximate surface area is 93.8 Å². The van der Waals surface area contributed by atoms with Crippen LogP contribution in [0.3, 0.4) is 0 Å². The highest BCUT2D eigenvalue weighted by atomic mass is 16.6. The normalized spacial score (nSPS) is 14.6. The van der Waals surface area contributed by atoms with Gasteiger partial charge in [-0.05, 0) is 19.8 Å². The van der Waals surface area contributed by atoms with Crippen molar-refractivity contribution >= 4 is 5.97 Å². The van der Waals surface area contributed by atoms with E-state index in [0.29, 0.717) is 11.8 Å². The predicted molar refractivity (Wildman–Crippen MR) is 56.3 cm³/mol. The van der Waals surface area contributed by atoms with Gasteiger partial charge in [0.15, 0.2) is 6.61 Å². The van der Waals surface area contributed by atoms with E-state index < -0.39 is 5.97 Å². The summed E-state index contributed by atoms with van der Waals surface area (Å²) < 4.78 is 9.78. The summed E-state index contributed by atoms with van der Waals surface area (Å²) in [7, 11) is 1.33. The maximum Gasteiger partial charge on any atom is 0.343 e. The van der Waals surface area contributed by atoms with Gasteiger partial charge in [-0.2, -0.15) is 4.98 Å². The van der Waals surface area contributed by atoms with E-state index in [0.717, 1.165) is 24.2 Å². The zero-order valence-electron chi connectivity index (χ0n) is 9.40. The van der Waals surface area contributed by atoms with Crippen molar-refractivity contribution in [3.05, 3.63) is 17.6 Å². The number of rotatable bonds is 4. The Kier molecular flexibility index (Phi) is 3.03. The van der Waals surface area contributed by atoms with Gasteiger partial charge < -0.3 is 9.47 Å². The van der Waals surface area contributed by atoms with E-state index in [1.54, 1.807) is 6.20 Å². The molecule has 1 aliphatic carbocycles. The third-order valence-corrected chi connectivity index (χ3v) is 2.44. The van der Waals surface area contributed by atoms with Gasteiger partial charge in [0.1, 0.15) is 5.82 Å². The fourth-order valence-corrected chi connectivity index (χ4v) is 1.31. The van der Waals surface area contributed by atoms with E-state index in [2.05, 4.69) is 14.7 Å². The molecular formula is C11H14N2O3. The topological polar surface area (TPSA) is 61.3 Å². The van der Waals surface area contributed by atoms with E-state index in [9.17, 15) is 4.79 Å². The van der Waals surface area contributed by atoms with Crippen molar-refractivity contribution in [2.45, 2.75) is 25.7 Å². The van der Waals surface area contributed by atoms with Crippen molar-refractivity contribution in [3.63, 3.8) is 0 Å². The number of hydrogen-bond donors (Lipinski definition) is 0. The van der Waals surface area contributed by atoms with Crippen LogP contribution in [0.2, 0.25) is 0 Å². The Balaban J connectivity index is 2.06. The molecule has 0 spiro atoms. The summed E-state index contributed by atoms with van der Waals surface area (Å²) in [5.41, 5.74) is 0.827. The Morgan fingerprint density at radius 2 is 2.31 bits per heavy atom. The third kappa shape index (κ3) is 2.48. The summed E-state index contributed by atoms with van der Waals surface area (Å²) in [5, 5.41) is 0. The average molecular weight is 222 g/mol. The number of nitrogens with zero attached hydrogens (tertiary/aromatic N) is 2. The molecule has 1 aliphatic rings. The van der Waals surface area contributed by atoms with Crippen LogP contribution in [-0.2, 0) is 9.53 Å². The van der Waals surface area contributed by atoms with Gasteiger partial charge in [0.25, 0.3) is 0 Å². The van der Waals surface area contributed by atoms with Crippen LogP contribution in [0.4, 0.5) is 0 Å². The first-order valence-electron chi connectivity index (χ1n) is 5.24. The molecule has 2 rings (SSSR count). The molecule has 1 heterocycles. The minimum Gasteiger partial charge on any atom is -0.466 e. The lowest BCUT2D eigenvalue weighted by atomic mass is 10.3. The molecule has 1 aromatic heterocycles. The van der Waals surface area contributed by atoms with Crippen molar-refractivity contribution < 1.29 is 14.3 Å². The standard InChI is InChI=1S/C11H14N2O3/c1-7-5-12-10(8-3-4-8)13-11(7)16-6-9(14)15-2/h5,8H,3-4,6H2,1-2H3. The molecule has 86 valence electrons. The monoisotopic (exact) mass is 222 g/mol. The van der Waals surface area contributed by atoms with Gasteiger partial charge in [-0.15, -0.1) is 0 Å². The molecule has 0 amide bonds. The molecule has 0 aromatic carbocycles. The van der Waals surface area contributed by atoms with E-state index in [1.165, 1.54) is 7.11 Å². The molecule has 0 saturated heterocycles. The van der Waals surface area contributed by atoms with E-state index in [1.807, 2.05) is 6.92 Å². The van der Waals surface area contributed by atoms with Gasteiger partial charge in [-0.25, -0.2) is 9.78 Å². The minimum absolute atomic E-state index is 0.113. The zero-order valence-corrected chi connectivity index (χ0v) is 9.40. The Hall–Kier alpha value is -1.65. The summed E-state index contributed by atoms with van der Waals surface area (Å²) in [6.45, 7) is 1.74. The lowest BCUT2D eigenvalue weighted by molar-refractivity contribution is -0.143. The second-order valence-corrected chi connectivity index (χ2v) is 3.86. The number of esters is 1. The first-order chi connectivity index (χ1) is 7.70. The third-order valence-electron chi connectivity index (χ3n) is 2.44. The molecule has 0 N–H and O–H groups in total. The van der Waals surface area contributed by atoms with Gasteiger partial charge in [0, 0.05) is 17.7 Å². The number of methoxy groups -OCH3 is 1. The minimum atomic E-state index is -0.411. The van der Waals surface area contributed by atoms with Crippen molar-refractivity contribution in [2.75, 3.05) is 13.7 Å². The molecular weight excluding hydrogens is 208 g/mol. The molecule has 5 nitrogen and oxygen atoms in total. The van der Waals surface area contributed by atoms with Crippen LogP contribution < -0.4 is 4.74 Å². The van der Waals surface area contributed by atoms with Crippen LogP contribution in [0, 0.1) is 6.92 Å². The van der Waals surface area contributed by atoms with E-state index >= 15 is 0 Å². The molecule has 0 bridgehead atoms. The highest BCUT2D eigenvalue weighted by Crippen LogP contribution is 2.38. The maximum atomic E-state index is 10.9. The summed E-state index contributed by atoms with van der Waals surface area (Å²) in [6.07, 6.45) is 4.01. The summed E-state index contributed by atoms with van der Waals surface area (Å²) in [4.78, 5) is 19.5. The number of carbonyl (C=O) groups excluding carboxylic acids is 1. The molecule has 0 radical (unpaired) electrons. The van der Waals surface area contributed by atoms with Gasteiger partial charge in [0.2, 0.25) is 5.88 Å². The van der Waals surface area contributed by atoms with Crippen molar-refractivity contribution in [2.24, 2.45) is 0 Å². The summed E-state index contributed by atoms with van der Waals surface area (Å²) in [5.74, 6) is 1.35. The predicted octanol–water partition coefficient (Wildman–Crippen LogP) is 1.21. The van der Waals surface area contributed by atoms with Gasteiger partial charge in [-0.3, -0.25) is 0 Å². The average Bonchev–Trinajstić information content (AvgIpc) is 3.11. The number of aromatic nitrogens is 2. The molecule has 0 aliphatic heterocycles. The van der Waals surface area contributed by atoms with Crippen LogP contribution in [0.1, 0.15) is 30.1 Å². The van der Waals surface area contributed by atoms with Crippen molar-refractivity contribution in [1.82, 2.24) is 9.97 Å². The van der Waals surface area contributed by atoms with E-state index in [-0.39, 0.29) is 6.61 Å². The van der Waals surface area contributed by atoms with Crippen LogP contribution in [0.25, 0.3) is 0 Å². The van der Waals surface area contributed by atoms with Gasteiger partial charge in [0.05, 0.1) is 7.11 Å². The molecule has 16 heavy (non-hydrogen) atoms. The highest BCUT2D eigenvalue weighted by molar-refractivity contribution is 5.70. The second kappa shape index (κ2) is 4.47. The smallest absolute Gasteiger partial charge is 0.343 e. The molecule has 0 unspecified atom stereocenters. The fourth-order valence-electron chi connectivity index (χ4n) is 1.31. The second-order valence-electron chi connectivity index (χ2n) is 3.86. The summed E-state index contributed by atoms with van der Waals surface area (Å²) in [6, 6.07) is 0. The highest BCUT2D eigenvalue weighted by Gasteiger charge is 2.27. The Bertz CT molecular complexity index is 402. The number of carbonyl (C=O) groups is 1. The Morgan fingerprint density at radius 3 is 2.94 bits per heavy atom. The zero-order chi connectivity index (χ0) is 11.5. The molecule has 1 saturated carbocycles. The van der Waals surface area contributed by atoms with Gasteiger partial charge in [-0.1, -0.05) is 0 Å². The lowest BCUT2D eigenvalue weighted by Gasteiger charge is -2.07. The maximum absolute atomic E-state index is 10.9. The van der Waals surface area contributed by atoms with Crippen molar-refractivity contribution in [1.29, 1.82) is 0 Å². The Morgan fingerprint density at radius 1 is 1.56 bits per heavy atom. The molecule has 1 aromatic rings. The quantitative estimate of drug-likeness (QED) is 0.717. The molecule has 5 heteroatoms. The molecule has 0 atom stereocenters. The lowest BCUT2D eigenvalue weighted by Crippen LogP contribution is -2.14. The first kappa shape index (κ1) is 10.9. The number of ether oxygens (including phenoxy) is 2.